The number of rotatable bonds is 59. The van der Waals surface area contributed by atoms with Gasteiger partial charge in [0.2, 0.25) is 0 Å². The molecule has 1 aliphatic carbocycles. The maximum Gasteiger partial charge on any atom is 0.307 e. The Morgan fingerprint density at radius 2 is 0.920 bits per heavy atom. The molecule has 7 unspecified atom stereocenters. The number of carbonyl (C=O) groups is 7. The zero-order chi connectivity index (χ0) is 64.8. The van der Waals surface area contributed by atoms with E-state index in [1.807, 2.05) is 44.2 Å². The van der Waals surface area contributed by atoms with Crippen LogP contribution in [0.3, 0.4) is 0 Å². The van der Waals surface area contributed by atoms with Crippen LogP contribution in [0.15, 0.2) is 84.1 Å². The molecule has 1 aliphatic rings. The first-order valence-electron chi connectivity index (χ1n) is 34.7. The molecular weight excluding hydrogens is 1110 g/mol. The first-order valence-corrected chi connectivity index (χ1v) is 34.7. The molecule has 0 aromatic rings. The fourth-order valence-corrected chi connectivity index (χ4v) is 11.6. The van der Waals surface area contributed by atoms with Crippen LogP contribution in [0.2, 0.25) is 0 Å². The number of allylic oxidation sites excluding steroid dienone is 14. The lowest BCUT2D eigenvalue weighted by atomic mass is 9.84. The molecule has 1 saturated carbocycles. The molecular formula is C74H120O14. The van der Waals surface area contributed by atoms with E-state index in [0.717, 1.165) is 193 Å². The summed E-state index contributed by atoms with van der Waals surface area (Å²) in [6.07, 6.45) is 58.8. The smallest absolute Gasteiger partial charge is 0.307 e. The summed E-state index contributed by atoms with van der Waals surface area (Å²) in [6.45, 7) is 8.27. The minimum Gasteiger partial charge on any atom is -0.481 e. The lowest BCUT2D eigenvalue weighted by Gasteiger charge is -2.24. The summed E-state index contributed by atoms with van der Waals surface area (Å²) < 4.78 is 11.9. The predicted molar refractivity (Wildman–Crippen MR) is 354 cm³/mol. The molecule has 0 amide bonds. The normalized spacial score (nSPS) is 15.2. The van der Waals surface area contributed by atoms with E-state index in [2.05, 4.69) is 50.3 Å². The van der Waals surface area contributed by atoms with Crippen molar-refractivity contribution in [3.05, 3.63) is 84.1 Å². The van der Waals surface area contributed by atoms with Gasteiger partial charge in [0, 0.05) is 19.3 Å². The SMILES string of the molecule is CCCCCCCCC(/C=C/CCCCCCC(=O)OC(CCC(CCCCCCC/C=C\C/C=C\C=C\C(CC)C(CC(=O)O)C(=O)O)=C1CCC1)COC(=O)CCCCCCC/C=C\C=C\C(CCCCC)C(C)CC(=O)O)C(CC(=O)O)C(=O)O. The number of hydrogen-bond donors (Lipinski definition) is 5. The van der Waals surface area contributed by atoms with Gasteiger partial charge in [-0.25, -0.2) is 0 Å². The lowest BCUT2D eigenvalue weighted by molar-refractivity contribution is -0.159. The van der Waals surface area contributed by atoms with Crippen molar-refractivity contribution in [2.45, 2.75) is 297 Å². The lowest BCUT2D eigenvalue weighted by Crippen LogP contribution is -2.25. The minimum atomic E-state index is -1.11. The molecule has 0 bridgehead atoms. The van der Waals surface area contributed by atoms with E-state index < -0.39 is 60.6 Å². The first kappa shape index (κ1) is 80.5. The van der Waals surface area contributed by atoms with Gasteiger partial charge in [0.05, 0.1) is 24.7 Å². The fourth-order valence-electron chi connectivity index (χ4n) is 11.6. The molecule has 1 rings (SSSR count). The van der Waals surface area contributed by atoms with E-state index in [0.29, 0.717) is 32.1 Å². The van der Waals surface area contributed by atoms with Gasteiger partial charge in [-0.05, 0) is 146 Å². The van der Waals surface area contributed by atoms with Gasteiger partial charge < -0.3 is 35.0 Å². The third-order valence-electron chi connectivity index (χ3n) is 17.3. The van der Waals surface area contributed by atoms with Crippen molar-refractivity contribution in [3.63, 3.8) is 0 Å². The summed E-state index contributed by atoms with van der Waals surface area (Å²) in [5.74, 6) is -7.88. The summed E-state index contributed by atoms with van der Waals surface area (Å²) in [4.78, 5) is 84.1. The van der Waals surface area contributed by atoms with Gasteiger partial charge in [0.1, 0.15) is 12.7 Å². The van der Waals surface area contributed by atoms with Gasteiger partial charge >= 0.3 is 41.8 Å². The highest BCUT2D eigenvalue weighted by molar-refractivity contribution is 5.79. The summed E-state index contributed by atoms with van der Waals surface area (Å²) in [6, 6.07) is 0. The van der Waals surface area contributed by atoms with Crippen molar-refractivity contribution < 1.29 is 68.6 Å². The first-order chi connectivity index (χ1) is 42.5. The quantitative estimate of drug-likeness (QED) is 0.0165. The molecule has 0 radical (unpaired) electrons. The van der Waals surface area contributed by atoms with E-state index in [9.17, 15) is 54.0 Å². The highest BCUT2D eigenvalue weighted by atomic mass is 16.6. The van der Waals surface area contributed by atoms with E-state index in [1.54, 1.807) is 6.08 Å². The Balaban J connectivity index is 2.76. The third-order valence-corrected chi connectivity index (χ3v) is 17.3. The van der Waals surface area contributed by atoms with Gasteiger partial charge in [-0.2, -0.15) is 0 Å². The number of unbranched alkanes of at least 4 members (excludes halogenated alkanes) is 21. The fraction of sp³-hybridized carbons (Fsp3) is 0.716. The topological polar surface area (TPSA) is 239 Å². The Labute approximate surface area is 531 Å². The molecule has 0 saturated heterocycles. The molecule has 0 aromatic carbocycles. The van der Waals surface area contributed by atoms with Crippen molar-refractivity contribution in [1.29, 1.82) is 0 Å². The Morgan fingerprint density at radius 3 is 1.49 bits per heavy atom. The van der Waals surface area contributed by atoms with Crippen LogP contribution in [0.25, 0.3) is 0 Å². The Kier molecular flexibility index (Phi) is 49.8. The number of hydrogen-bond acceptors (Lipinski definition) is 9. The Bertz CT molecular complexity index is 2120. The van der Waals surface area contributed by atoms with Crippen molar-refractivity contribution >= 4 is 41.8 Å². The highest BCUT2D eigenvalue weighted by Gasteiger charge is 2.29. The maximum atomic E-state index is 13.4. The van der Waals surface area contributed by atoms with Crippen LogP contribution >= 0.6 is 0 Å². The highest BCUT2D eigenvalue weighted by Crippen LogP contribution is 2.34. The van der Waals surface area contributed by atoms with Crippen LogP contribution in [0.5, 0.6) is 0 Å². The number of esters is 2. The van der Waals surface area contributed by atoms with E-state index in [-0.39, 0.29) is 55.1 Å². The molecule has 0 heterocycles. The maximum absolute atomic E-state index is 13.4. The van der Waals surface area contributed by atoms with Crippen LogP contribution in [-0.2, 0) is 43.0 Å². The molecule has 0 aliphatic heterocycles. The van der Waals surface area contributed by atoms with Gasteiger partial charge in [0.15, 0.2) is 0 Å². The second-order valence-corrected chi connectivity index (χ2v) is 24.8. The van der Waals surface area contributed by atoms with Gasteiger partial charge in [0.25, 0.3) is 0 Å². The summed E-state index contributed by atoms with van der Waals surface area (Å²) >= 11 is 0. The number of aliphatic carboxylic acids is 5. The molecule has 88 heavy (non-hydrogen) atoms. The summed E-state index contributed by atoms with van der Waals surface area (Å²) in [7, 11) is 0. The van der Waals surface area contributed by atoms with Crippen LogP contribution in [-0.4, -0.2) is 80.0 Å². The van der Waals surface area contributed by atoms with Gasteiger partial charge in [-0.15, -0.1) is 0 Å². The van der Waals surface area contributed by atoms with Crippen molar-refractivity contribution in [2.24, 2.45) is 35.5 Å². The zero-order valence-electron chi connectivity index (χ0n) is 55.1. The number of carbonyl (C=O) groups excluding carboxylic acids is 2. The molecule has 14 nitrogen and oxygen atoms in total. The minimum absolute atomic E-state index is 0.0413. The van der Waals surface area contributed by atoms with Gasteiger partial charge in [-0.1, -0.05) is 221 Å². The van der Waals surface area contributed by atoms with E-state index >= 15 is 0 Å². The second kappa shape index (κ2) is 54.4. The average molecular weight is 1230 g/mol. The number of carboxylic acids is 5. The van der Waals surface area contributed by atoms with Crippen molar-refractivity contribution in [2.75, 3.05) is 6.61 Å². The zero-order valence-corrected chi connectivity index (χ0v) is 55.1. The summed E-state index contributed by atoms with van der Waals surface area (Å²) in [5, 5.41) is 47.2. The van der Waals surface area contributed by atoms with Crippen LogP contribution < -0.4 is 0 Å². The van der Waals surface area contributed by atoms with Crippen LogP contribution in [0.1, 0.15) is 291 Å². The van der Waals surface area contributed by atoms with Gasteiger partial charge in [-0.3, -0.25) is 33.6 Å². The molecule has 0 spiro atoms. The van der Waals surface area contributed by atoms with E-state index in [1.165, 1.54) is 24.0 Å². The standard InChI is InChI=1S/C74H120O14/c1-5-8-10-11-27-38-47-64(67(74(85)86)57-70(79)80)48-39-31-25-26-33-41-52-72(82)88-65(58-87-71(81)51-40-32-24-20-16-19-22-29-36-45-61(44-34-9-6-2)59(4)55-68(75)76)54-53-63(62-49-42-50-62)46-37-30-23-18-15-13-12-14-17-21-28-35-43-60(7-3)66(73(83)84)56-69(77)78/h12,14,21-22,28-29,35-36,39,43,45,48,59-61,64-67H,5-11,13,15-20,23-27,30-34,37-38,40-42,44,46-47,49-58H2,1-4H3,(H,75,76)(H,77,78)(H,79,80)(H,83,84)(H,85,86)/b14-12-,28-21-,29-22-,43-35+,45-36+,48-39+. The average Bonchev–Trinajstić information content (AvgIpc) is 3.13. The molecule has 0 aromatic heterocycles. The Morgan fingerprint density at radius 1 is 0.443 bits per heavy atom. The molecule has 7 atom stereocenters. The molecule has 14 heteroatoms. The molecule has 5 N–H and O–H groups in total. The Hall–Kier alpha value is -5.53. The predicted octanol–water partition coefficient (Wildman–Crippen LogP) is 19.3. The summed E-state index contributed by atoms with van der Waals surface area (Å²) in [5.41, 5.74) is 2.98. The second-order valence-electron chi connectivity index (χ2n) is 24.8. The largest absolute Gasteiger partial charge is 0.481 e. The van der Waals surface area contributed by atoms with Crippen LogP contribution in [0.4, 0.5) is 0 Å². The van der Waals surface area contributed by atoms with Crippen LogP contribution in [0, 0.1) is 35.5 Å². The number of ether oxygens (including phenoxy) is 2. The third kappa shape index (κ3) is 44.0. The van der Waals surface area contributed by atoms with E-state index in [4.69, 9.17) is 14.6 Å². The van der Waals surface area contributed by atoms with Crippen molar-refractivity contribution in [3.8, 4) is 0 Å². The molecule has 500 valence electrons. The van der Waals surface area contributed by atoms with Crippen molar-refractivity contribution in [1.82, 2.24) is 0 Å². The monoisotopic (exact) mass is 1230 g/mol. The number of carboxylic acid groups (broad SMARTS) is 5. The molecule has 1 fully saturated rings.